The molecule has 1 fully saturated rings. The number of carbonyl (C=O) groups excluding carboxylic acids is 1. The van der Waals surface area contributed by atoms with E-state index in [1.54, 1.807) is 42.3 Å². The van der Waals surface area contributed by atoms with Crippen molar-refractivity contribution in [1.29, 1.82) is 0 Å². The Balaban J connectivity index is 1.34. The summed E-state index contributed by atoms with van der Waals surface area (Å²) in [5.41, 5.74) is 1.58. The van der Waals surface area contributed by atoms with Crippen molar-refractivity contribution in [3.05, 3.63) is 58.4 Å². The number of pyridine rings is 1. The summed E-state index contributed by atoms with van der Waals surface area (Å²) in [6.07, 6.45) is 0.778. The maximum absolute atomic E-state index is 13.3. The second kappa shape index (κ2) is 11.5. The van der Waals surface area contributed by atoms with Gasteiger partial charge in [-0.05, 0) is 42.8 Å². The SMILES string of the molecule is COc1ccc(NC(=O)N(CCCN2CCOCC2)Cc2cc3cc4c(cc3[nH]c2=O)OCCO4)cc1. The number of aromatic amines is 1. The predicted octanol–water partition coefficient (Wildman–Crippen LogP) is 3.06. The predicted molar refractivity (Wildman–Crippen MR) is 140 cm³/mol. The van der Waals surface area contributed by atoms with Crippen LogP contribution in [0.1, 0.15) is 12.0 Å². The number of methoxy groups -OCH3 is 1. The molecule has 0 aliphatic carbocycles. The van der Waals surface area contributed by atoms with Gasteiger partial charge in [0.05, 0.1) is 32.4 Å². The Morgan fingerprint density at radius 3 is 2.51 bits per heavy atom. The lowest BCUT2D eigenvalue weighted by Gasteiger charge is -2.28. The van der Waals surface area contributed by atoms with Gasteiger partial charge in [-0.1, -0.05) is 0 Å². The van der Waals surface area contributed by atoms with Crippen molar-refractivity contribution in [3.8, 4) is 17.2 Å². The highest BCUT2D eigenvalue weighted by molar-refractivity contribution is 5.89. The van der Waals surface area contributed by atoms with Crippen LogP contribution < -0.4 is 25.1 Å². The fourth-order valence-corrected chi connectivity index (χ4v) is 4.55. The van der Waals surface area contributed by atoms with Crippen LogP contribution in [0.5, 0.6) is 17.2 Å². The molecule has 0 atom stereocenters. The third-order valence-corrected chi connectivity index (χ3v) is 6.58. The minimum Gasteiger partial charge on any atom is -0.497 e. The third kappa shape index (κ3) is 6.15. The highest BCUT2D eigenvalue weighted by Gasteiger charge is 2.19. The number of rotatable bonds is 8. The molecular weight excluding hydrogens is 476 g/mol. The van der Waals surface area contributed by atoms with Gasteiger partial charge in [-0.15, -0.1) is 0 Å². The smallest absolute Gasteiger partial charge is 0.322 e. The number of fused-ring (bicyclic) bond motifs is 2. The third-order valence-electron chi connectivity index (χ3n) is 6.58. The Bertz CT molecular complexity index is 1290. The molecule has 3 aromatic rings. The minimum absolute atomic E-state index is 0.171. The van der Waals surface area contributed by atoms with E-state index in [0.29, 0.717) is 53.8 Å². The minimum atomic E-state index is -0.270. The summed E-state index contributed by atoms with van der Waals surface area (Å²) in [5.74, 6) is 1.97. The summed E-state index contributed by atoms with van der Waals surface area (Å²) < 4.78 is 22.0. The van der Waals surface area contributed by atoms with E-state index in [1.807, 2.05) is 12.1 Å². The number of nitrogens with zero attached hydrogens (tertiary/aromatic N) is 2. The monoisotopic (exact) mass is 508 g/mol. The summed E-state index contributed by atoms with van der Waals surface area (Å²) >= 11 is 0. The molecule has 0 spiro atoms. The van der Waals surface area contributed by atoms with Gasteiger partial charge in [0.2, 0.25) is 0 Å². The van der Waals surface area contributed by atoms with Crippen molar-refractivity contribution in [2.24, 2.45) is 0 Å². The number of benzene rings is 2. The normalized spacial score (nSPS) is 15.4. The average Bonchev–Trinajstić information content (AvgIpc) is 2.92. The first-order chi connectivity index (χ1) is 18.1. The van der Waals surface area contributed by atoms with E-state index < -0.39 is 0 Å². The number of carbonyl (C=O) groups is 1. The van der Waals surface area contributed by atoms with Crippen LogP contribution in [0.3, 0.4) is 0 Å². The number of urea groups is 1. The van der Waals surface area contributed by atoms with Gasteiger partial charge in [-0.3, -0.25) is 9.69 Å². The van der Waals surface area contributed by atoms with Crippen LogP contribution in [0, 0.1) is 0 Å². The molecule has 2 N–H and O–H groups in total. The molecule has 0 unspecified atom stereocenters. The number of nitrogens with one attached hydrogen (secondary N) is 2. The van der Waals surface area contributed by atoms with Crippen LogP contribution in [-0.2, 0) is 11.3 Å². The molecule has 2 aliphatic heterocycles. The van der Waals surface area contributed by atoms with Gasteiger partial charge in [0.15, 0.2) is 11.5 Å². The Kier molecular flexibility index (Phi) is 7.76. The van der Waals surface area contributed by atoms with Crippen molar-refractivity contribution >= 4 is 22.6 Å². The molecule has 1 saturated heterocycles. The van der Waals surface area contributed by atoms with Crippen LogP contribution in [0.2, 0.25) is 0 Å². The summed E-state index contributed by atoms with van der Waals surface area (Å²) in [6, 6.07) is 12.4. The molecule has 2 aliphatic rings. The van der Waals surface area contributed by atoms with Gasteiger partial charge in [-0.2, -0.15) is 0 Å². The number of ether oxygens (including phenoxy) is 4. The van der Waals surface area contributed by atoms with Crippen molar-refractivity contribution in [3.63, 3.8) is 0 Å². The van der Waals surface area contributed by atoms with E-state index in [4.69, 9.17) is 18.9 Å². The van der Waals surface area contributed by atoms with E-state index in [2.05, 4.69) is 15.2 Å². The van der Waals surface area contributed by atoms with Crippen molar-refractivity contribution < 1.29 is 23.7 Å². The summed E-state index contributed by atoms with van der Waals surface area (Å²) in [7, 11) is 1.60. The molecule has 10 heteroatoms. The second-order valence-corrected chi connectivity index (χ2v) is 9.09. The van der Waals surface area contributed by atoms with Crippen LogP contribution in [0.15, 0.2) is 47.3 Å². The number of hydrogen-bond donors (Lipinski definition) is 2. The van der Waals surface area contributed by atoms with E-state index in [9.17, 15) is 9.59 Å². The van der Waals surface area contributed by atoms with Crippen molar-refractivity contribution in [1.82, 2.24) is 14.8 Å². The molecule has 1 aromatic heterocycles. The first kappa shape index (κ1) is 24.9. The Morgan fingerprint density at radius 2 is 1.78 bits per heavy atom. The number of morpholine rings is 1. The summed E-state index contributed by atoms with van der Waals surface area (Å²) in [5, 5.41) is 3.77. The quantitative estimate of drug-likeness (QED) is 0.482. The Hall–Kier alpha value is -3.76. The van der Waals surface area contributed by atoms with Gasteiger partial charge in [0, 0.05) is 48.9 Å². The van der Waals surface area contributed by atoms with Crippen LogP contribution in [0.4, 0.5) is 10.5 Å². The summed E-state index contributed by atoms with van der Waals surface area (Å²) in [6.45, 7) is 5.72. The number of hydrogen-bond acceptors (Lipinski definition) is 7. The molecular formula is C27H32N4O6. The first-order valence-corrected chi connectivity index (χ1v) is 12.5. The molecule has 0 bridgehead atoms. The standard InChI is InChI=1S/C27H32N4O6/c1-34-22-5-3-21(4-6-22)28-27(33)31(8-2-7-30-9-11-35-12-10-30)18-20-15-19-16-24-25(37-14-13-36-24)17-23(19)29-26(20)32/h3-6,15-17H,2,7-14,18H2,1H3,(H,28,33)(H,29,32). The van der Waals surface area contributed by atoms with Crippen molar-refractivity contribution in [2.75, 3.05) is 65.0 Å². The molecule has 5 rings (SSSR count). The molecule has 37 heavy (non-hydrogen) atoms. The second-order valence-electron chi connectivity index (χ2n) is 9.09. The zero-order valence-corrected chi connectivity index (χ0v) is 21.0. The Labute approximate surface area is 215 Å². The lowest BCUT2D eigenvalue weighted by molar-refractivity contribution is 0.0365. The molecule has 196 valence electrons. The average molecular weight is 509 g/mol. The highest BCUT2D eigenvalue weighted by atomic mass is 16.6. The van der Waals surface area contributed by atoms with Gasteiger partial charge in [-0.25, -0.2) is 4.79 Å². The largest absolute Gasteiger partial charge is 0.497 e. The zero-order chi connectivity index (χ0) is 25.6. The van der Waals surface area contributed by atoms with Gasteiger partial charge >= 0.3 is 6.03 Å². The molecule has 3 heterocycles. The van der Waals surface area contributed by atoms with Crippen LogP contribution in [-0.4, -0.2) is 80.5 Å². The Morgan fingerprint density at radius 1 is 1.05 bits per heavy atom. The molecule has 2 amide bonds. The fourth-order valence-electron chi connectivity index (χ4n) is 4.55. The van der Waals surface area contributed by atoms with Gasteiger partial charge in [0.25, 0.3) is 5.56 Å². The molecule has 0 radical (unpaired) electrons. The van der Waals surface area contributed by atoms with Gasteiger partial charge < -0.3 is 34.1 Å². The zero-order valence-electron chi connectivity index (χ0n) is 21.0. The molecule has 10 nitrogen and oxygen atoms in total. The lowest BCUT2D eigenvalue weighted by Crippen LogP contribution is -2.40. The molecule has 0 saturated carbocycles. The van der Waals surface area contributed by atoms with E-state index in [0.717, 1.165) is 44.7 Å². The van der Waals surface area contributed by atoms with E-state index >= 15 is 0 Å². The number of H-pyrrole nitrogens is 1. The highest BCUT2D eigenvalue weighted by Crippen LogP contribution is 2.33. The van der Waals surface area contributed by atoms with Crippen LogP contribution >= 0.6 is 0 Å². The number of amides is 2. The lowest BCUT2D eigenvalue weighted by atomic mass is 10.1. The fraction of sp³-hybridized carbons (Fsp3) is 0.407. The van der Waals surface area contributed by atoms with Crippen molar-refractivity contribution in [2.45, 2.75) is 13.0 Å². The van der Waals surface area contributed by atoms with E-state index in [-0.39, 0.29) is 18.1 Å². The van der Waals surface area contributed by atoms with E-state index in [1.165, 1.54) is 0 Å². The molecule has 2 aromatic carbocycles. The van der Waals surface area contributed by atoms with Crippen LogP contribution in [0.25, 0.3) is 10.9 Å². The number of anilines is 1. The maximum Gasteiger partial charge on any atom is 0.322 e. The maximum atomic E-state index is 13.3. The summed E-state index contributed by atoms with van der Waals surface area (Å²) in [4.78, 5) is 33.3. The topological polar surface area (TPSA) is 105 Å². The van der Waals surface area contributed by atoms with Gasteiger partial charge in [0.1, 0.15) is 19.0 Å². The first-order valence-electron chi connectivity index (χ1n) is 12.5. The number of aromatic nitrogens is 1.